The first kappa shape index (κ1) is 16.9. The van der Waals surface area contributed by atoms with E-state index in [1.807, 2.05) is 36.4 Å². The maximum atomic E-state index is 12.5. The van der Waals surface area contributed by atoms with E-state index in [4.69, 9.17) is 0 Å². The normalized spacial score (nSPS) is 17.5. The molecule has 0 N–H and O–H groups in total. The van der Waals surface area contributed by atoms with Crippen molar-refractivity contribution in [1.82, 2.24) is 4.90 Å². The van der Waals surface area contributed by atoms with Gasteiger partial charge in [-0.3, -0.25) is 4.79 Å². The van der Waals surface area contributed by atoms with Crippen molar-refractivity contribution in [1.29, 1.82) is 0 Å². The molecule has 2 aliphatic heterocycles. The van der Waals surface area contributed by atoms with Crippen LogP contribution in [0.2, 0.25) is 0 Å². The summed E-state index contributed by atoms with van der Waals surface area (Å²) in [5.41, 5.74) is 1.99. The molecule has 1 aromatic heterocycles. The molecule has 0 fully saturated rings. The number of carbonyl (C=O) groups is 1. The lowest BCUT2D eigenvalue weighted by atomic mass is 10.1. The van der Waals surface area contributed by atoms with E-state index in [0.717, 1.165) is 24.3 Å². The molecule has 4 rings (SSSR count). The molecule has 124 valence electrons. The minimum absolute atomic E-state index is 0.275. The summed E-state index contributed by atoms with van der Waals surface area (Å²) in [5.74, 6) is 0.969. The number of carbonyl (C=O) groups excluding carboxylic acids is 1. The Morgan fingerprint density at radius 3 is 2.88 bits per heavy atom. The molecule has 0 atom stereocenters. The van der Waals surface area contributed by atoms with Crippen molar-refractivity contribution in [2.45, 2.75) is 6.54 Å². The molecule has 2 aromatic rings. The molecule has 0 bridgehead atoms. The zero-order chi connectivity index (χ0) is 17.4. The smallest absolute Gasteiger partial charge is 0.289 e. The van der Waals surface area contributed by atoms with Crippen LogP contribution in [-0.2, 0) is 6.54 Å². The van der Waals surface area contributed by atoms with Gasteiger partial charge in [-0.05, 0) is 68.4 Å². The van der Waals surface area contributed by atoms with Gasteiger partial charge in [0.1, 0.15) is 5.84 Å². The average Bonchev–Trinajstić information content (AvgIpc) is 2.97. The molecule has 1 amide bonds. The van der Waals surface area contributed by atoms with Crippen LogP contribution in [0.4, 0.5) is 0 Å². The Bertz CT molecular complexity index is 990. The molecule has 0 radical (unpaired) electrons. The fourth-order valence-corrected chi connectivity index (χ4v) is 4.42. The second-order valence-corrected chi connectivity index (χ2v) is 9.16. The Morgan fingerprint density at radius 1 is 1.24 bits per heavy atom. The maximum Gasteiger partial charge on any atom is 0.289 e. The number of amidine groups is 2. The number of allylic oxidation sites excluding steroid dienone is 2. The quantitative estimate of drug-likeness (QED) is 0.485. The number of nitrogens with zero attached hydrogens (tertiary/aromatic N) is 3. The molecular weight excluding hydrogens is 513 g/mol. The highest BCUT2D eigenvalue weighted by Crippen LogP contribution is 2.26. The van der Waals surface area contributed by atoms with Gasteiger partial charge in [0.2, 0.25) is 0 Å². The van der Waals surface area contributed by atoms with Crippen LogP contribution in [0.3, 0.4) is 0 Å². The standard InChI is InChI=1S/C18H11BrIN3OS/c19-15-7-6-14(25-15)18(24)22-17-13-4-2-1-3-11(13)9-23-10-12(20)5-8-16(23)21-17/h1-8,10H,9H2. The highest BCUT2D eigenvalue weighted by atomic mass is 127. The molecular formula is C18H11BrIN3OS. The lowest BCUT2D eigenvalue weighted by Crippen LogP contribution is -2.24. The molecule has 3 heterocycles. The summed E-state index contributed by atoms with van der Waals surface area (Å²) in [6, 6.07) is 11.6. The van der Waals surface area contributed by atoms with Gasteiger partial charge < -0.3 is 4.90 Å². The number of amides is 1. The van der Waals surface area contributed by atoms with Crippen molar-refractivity contribution in [3.63, 3.8) is 0 Å². The molecule has 2 aliphatic rings. The summed E-state index contributed by atoms with van der Waals surface area (Å²) in [7, 11) is 0. The van der Waals surface area contributed by atoms with Gasteiger partial charge in [-0.2, -0.15) is 4.99 Å². The molecule has 7 heteroatoms. The van der Waals surface area contributed by atoms with Crippen LogP contribution in [0, 0.1) is 0 Å². The van der Waals surface area contributed by atoms with Gasteiger partial charge >= 0.3 is 0 Å². The van der Waals surface area contributed by atoms with Crippen molar-refractivity contribution in [2.75, 3.05) is 0 Å². The molecule has 0 spiro atoms. The van der Waals surface area contributed by atoms with Crippen LogP contribution < -0.4 is 0 Å². The Morgan fingerprint density at radius 2 is 2.08 bits per heavy atom. The summed E-state index contributed by atoms with van der Waals surface area (Å²) in [6.07, 6.45) is 6.01. The van der Waals surface area contributed by atoms with Gasteiger partial charge in [-0.25, -0.2) is 4.99 Å². The predicted octanol–water partition coefficient (Wildman–Crippen LogP) is 5.16. The molecule has 1 aromatic carbocycles. The van der Waals surface area contributed by atoms with E-state index in [-0.39, 0.29) is 5.91 Å². The van der Waals surface area contributed by atoms with Crippen LogP contribution >= 0.6 is 49.9 Å². The first-order valence-corrected chi connectivity index (χ1v) is 10.2. The van der Waals surface area contributed by atoms with Crippen molar-refractivity contribution in [3.05, 3.63) is 78.1 Å². The number of thiophene rings is 1. The van der Waals surface area contributed by atoms with Gasteiger partial charge in [0.15, 0.2) is 5.84 Å². The number of hydrogen-bond donors (Lipinski definition) is 0. The molecule has 0 unspecified atom stereocenters. The van der Waals surface area contributed by atoms with E-state index in [2.05, 4.69) is 65.7 Å². The predicted molar refractivity (Wildman–Crippen MR) is 114 cm³/mol. The Labute approximate surface area is 170 Å². The average molecular weight is 524 g/mol. The maximum absolute atomic E-state index is 12.5. The third kappa shape index (κ3) is 3.54. The van der Waals surface area contributed by atoms with Crippen molar-refractivity contribution in [2.24, 2.45) is 9.98 Å². The van der Waals surface area contributed by atoms with Gasteiger partial charge in [-0.1, -0.05) is 24.3 Å². The largest absolute Gasteiger partial charge is 0.327 e. The molecule has 0 saturated heterocycles. The lowest BCUT2D eigenvalue weighted by molar-refractivity contribution is 0.101. The Kier molecular flexibility index (Phi) is 4.70. The fourth-order valence-electron chi connectivity index (χ4n) is 2.63. The first-order valence-electron chi connectivity index (χ1n) is 7.47. The van der Waals surface area contributed by atoms with E-state index in [1.165, 1.54) is 11.3 Å². The topological polar surface area (TPSA) is 45.0 Å². The lowest BCUT2D eigenvalue weighted by Gasteiger charge is -2.21. The first-order chi connectivity index (χ1) is 12.1. The number of halogens is 2. The van der Waals surface area contributed by atoms with Crippen LogP contribution in [0.1, 0.15) is 20.8 Å². The third-order valence-corrected chi connectivity index (χ3v) is 6.03. The van der Waals surface area contributed by atoms with Gasteiger partial charge in [0.25, 0.3) is 5.91 Å². The second-order valence-electron chi connectivity index (χ2n) is 5.45. The number of rotatable bonds is 1. The Hall–Kier alpha value is -1.58. The Balaban J connectivity index is 1.82. The highest BCUT2D eigenvalue weighted by Gasteiger charge is 2.22. The van der Waals surface area contributed by atoms with Crippen molar-refractivity contribution >= 4 is 67.4 Å². The monoisotopic (exact) mass is 523 g/mol. The molecule has 0 saturated carbocycles. The highest BCUT2D eigenvalue weighted by molar-refractivity contribution is 14.1. The van der Waals surface area contributed by atoms with Gasteiger partial charge in [0, 0.05) is 21.9 Å². The van der Waals surface area contributed by atoms with Crippen LogP contribution in [0.15, 0.2) is 72.1 Å². The minimum Gasteiger partial charge on any atom is -0.327 e. The summed E-state index contributed by atoms with van der Waals surface area (Å²) in [5, 5.41) is 0. The van der Waals surface area contributed by atoms with Crippen LogP contribution in [0.25, 0.3) is 0 Å². The number of fused-ring (bicyclic) bond motifs is 2. The van der Waals surface area contributed by atoms with Gasteiger partial charge in [0.05, 0.1) is 8.66 Å². The van der Waals surface area contributed by atoms with E-state index >= 15 is 0 Å². The van der Waals surface area contributed by atoms with Crippen LogP contribution in [-0.4, -0.2) is 22.5 Å². The second kappa shape index (κ2) is 6.97. The van der Waals surface area contributed by atoms with E-state index in [1.54, 1.807) is 6.07 Å². The third-order valence-electron chi connectivity index (χ3n) is 3.78. The number of aliphatic imine (C=N–C) groups is 2. The zero-order valence-corrected chi connectivity index (χ0v) is 17.4. The number of hydrogen-bond acceptors (Lipinski definition) is 3. The van der Waals surface area contributed by atoms with Crippen LogP contribution in [0.5, 0.6) is 0 Å². The molecule has 25 heavy (non-hydrogen) atoms. The SMILES string of the molecule is O=C(N=C1N=C2C=CC(I)=CN2Cc2ccccc21)c1ccc(Br)s1. The van der Waals surface area contributed by atoms with Crippen molar-refractivity contribution < 1.29 is 4.79 Å². The molecule has 4 nitrogen and oxygen atoms in total. The summed E-state index contributed by atoms with van der Waals surface area (Å²) >= 11 is 7.04. The minimum atomic E-state index is -0.275. The van der Waals surface area contributed by atoms with E-state index in [9.17, 15) is 4.79 Å². The zero-order valence-electron chi connectivity index (χ0n) is 12.8. The summed E-state index contributed by atoms with van der Waals surface area (Å²) < 4.78 is 2.04. The molecule has 0 aliphatic carbocycles. The van der Waals surface area contributed by atoms with Gasteiger partial charge in [-0.15, -0.1) is 11.3 Å². The van der Waals surface area contributed by atoms with E-state index < -0.39 is 0 Å². The van der Waals surface area contributed by atoms with Crippen molar-refractivity contribution in [3.8, 4) is 0 Å². The summed E-state index contributed by atoms with van der Waals surface area (Å²) in [4.78, 5) is 24.2. The number of benzene rings is 1. The summed E-state index contributed by atoms with van der Waals surface area (Å²) in [6.45, 7) is 0.698. The van der Waals surface area contributed by atoms with E-state index in [0.29, 0.717) is 17.3 Å². The fraction of sp³-hybridized carbons (Fsp3) is 0.0556.